The Kier molecular flexibility index (Phi) is 11.8. The molecule has 0 aliphatic carbocycles. The van der Waals surface area contributed by atoms with E-state index in [1.807, 2.05) is 39.8 Å². The molecule has 0 aromatic heterocycles. The quantitative estimate of drug-likeness (QED) is 0.158. The van der Waals surface area contributed by atoms with Gasteiger partial charge in [-0.05, 0) is 58.4 Å². The maximum atomic E-state index is 12.9. The molecular weight excluding hydrogens is 482 g/mol. The van der Waals surface area contributed by atoms with E-state index in [1.165, 1.54) is 17.7 Å². The first kappa shape index (κ1) is 30.3. The summed E-state index contributed by atoms with van der Waals surface area (Å²) < 4.78 is 30.1. The molecule has 0 unspecified atom stereocenters. The van der Waals surface area contributed by atoms with Gasteiger partial charge in [-0.25, -0.2) is 4.79 Å². The van der Waals surface area contributed by atoms with E-state index in [0.29, 0.717) is 13.0 Å². The molecule has 0 saturated carbocycles. The van der Waals surface area contributed by atoms with Crippen molar-refractivity contribution in [2.24, 2.45) is 11.8 Å². The number of ether oxygens (including phenoxy) is 5. The van der Waals surface area contributed by atoms with Crippen LogP contribution >= 0.6 is 0 Å². The van der Waals surface area contributed by atoms with Crippen molar-refractivity contribution in [2.45, 2.75) is 116 Å². The third-order valence-electron chi connectivity index (χ3n) is 7.79. The Labute approximate surface area is 228 Å². The van der Waals surface area contributed by atoms with E-state index in [2.05, 4.69) is 25.6 Å². The van der Waals surface area contributed by atoms with Gasteiger partial charge in [-0.2, -0.15) is 5.26 Å². The fourth-order valence-corrected chi connectivity index (χ4v) is 5.83. The van der Waals surface area contributed by atoms with Crippen LogP contribution in [-0.4, -0.2) is 55.5 Å². The largest absolute Gasteiger partial charge is 0.458 e. The first-order chi connectivity index (χ1) is 18.2. The van der Waals surface area contributed by atoms with E-state index < -0.39 is 0 Å². The molecule has 38 heavy (non-hydrogen) atoms. The number of nitrogens with zero attached hydrogens (tertiary/aromatic N) is 1. The van der Waals surface area contributed by atoms with Crippen molar-refractivity contribution < 1.29 is 28.5 Å². The zero-order valence-electron chi connectivity index (χ0n) is 23.6. The summed E-state index contributed by atoms with van der Waals surface area (Å²) in [6.45, 7) is 14.8. The summed E-state index contributed by atoms with van der Waals surface area (Å²) in [4.78, 5) is 12.9. The topological polar surface area (TPSA) is 87.0 Å². The summed E-state index contributed by atoms with van der Waals surface area (Å²) in [5.74, 6) is -0.419. The van der Waals surface area contributed by atoms with Gasteiger partial charge in [0.15, 0.2) is 6.29 Å². The fraction of sp³-hybridized carbons (Fsp3) is 0.677. The lowest BCUT2D eigenvalue weighted by molar-refractivity contribution is -0.211. The average Bonchev–Trinajstić information content (AvgIpc) is 2.86. The predicted octanol–water partition coefficient (Wildman–Crippen LogP) is 5.97. The highest BCUT2D eigenvalue weighted by Gasteiger charge is 2.43. The third kappa shape index (κ3) is 8.64. The Balaban J connectivity index is 1.57. The molecule has 0 aromatic carbocycles. The minimum Gasteiger partial charge on any atom is -0.458 e. The van der Waals surface area contributed by atoms with Crippen LogP contribution in [0.5, 0.6) is 0 Å². The lowest BCUT2D eigenvalue weighted by Crippen LogP contribution is -2.50. The van der Waals surface area contributed by atoms with Crippen LogP contribution in [0.15, 0.2) is 48.1 Å². The molecule has 3 fully saturated rings. The van der Waals surface area contributed by atoms with E-state index in [4.69, 9.17) is 28.9 Å². The lowest BCUT2D eigenvalue weighted by atomic mass is 9.79. The fourth-order valence-electron chi connectivity index (χ4n) is 5.83. The smallest absolute Gasteiger partial charge is 0.330 e. The molecule has 0 bridgehead atoms. The second-order valence-electron chi connectivity index (χ2n) is 10.9. The van der Waals surface area contributed by atoms with E-state index in [1.54, 1.807) is 0 Å². The molecule has 7 nitrogen and oxygen atoms in total. The van der Waals surface area contributed by atoms with Crippen LogP contribution in [0.1, 0.15) is 73.1 Å². The molecule has 3 aliphatic rings. The van der Waals surface area contributed by atoms with Crippen LogP contribution in [0, 0.1) is 23.2 Å². The molecule has 3 rings (SSSR count). The summed E-state index contributed by atoms with van der Waals surface area (Å²) in [7, 11) is 0. The summed E-state index contributed by atoms with van der Waals surface area (Å²) in [6.07, 6.45) is 12.9. The first-order valence-electron chi connectivity index (χ1n) is 14.0. The number of allylic oxidation sites excluding steroid dienone is 2. The Morgan fingerprint density at radius 1 is 1.08 bits per heavy atom. The molecule has 7 heteroatoms. The summed E-state index contributed by atoms with van der Waals surface area (Å²) in [5, 5.41) is 9.14. The van der Waals surface area contributed by atoms with Crippen LogP contribution < -0.4 is 0 Å². The second kappa shape index (κ2) is 14.8. The van der Waals surface area contributed by atoms with E-state index in [0.717, 1.165) is 37.7 Å². The average molecular weight is 528 g/mol. The van der Waals surface area contributed by atoms with Gasteiger partial charge in [0.25, 0.3) is 0 Å². The van der Waals surface area contributed by atoms with Crippen molar-refractivity contribution in [1.82, 2.24) is 0 Å². The van der Waals surface area contributed by atoms with Crippen LogP contribution in [0.2, 0.25) is 0 Å². The first-order valence-corrected chi connectivity index (χ1v) is 14.0. The molecule has 3 aliphatic heterocycles. The number of hydrogen-bond acceptors (Lipinski definition) is 7. The highest BCUT2D eigenvalue weighted by atomic mass is 16.7. The zero-order chi connectivity index (χ0) is 27.7. The summed E-state index contributed by atoms with van der Waals surface area (Å²) in [6, 6.07) is 2.09. The second-order valence-corrected chi connectivity index (χ2v) is 10.9. The predicted molar refractivity (Wildman–Crippen MR) is 146 cm³/mol. The Bertz CT molecular complexity index is 933. The van der Waals surface area contributed by atoms with Crippen LogP contribution in [-0.2, 0) is 28.5 Å². The molecule has 0 spiro atoms. The molecule has 0 radical (unpaired) electrons. The van der Waals surface area contributed by atoms with E-state index >= 15 is 0 Å². The number of nitriles is 1. The minimum atomic E-state index is -0.364. The van der Waals surface area contributed by atoms with Gasteiger partial charge in [-0.3, -0.25) is 0 Å². The molecule has 0 N–H and O–H groups in total. The van der Waals surface area contributed by atoms with Gasteiger partial charge >= 0.3 is 5.97 Å². The number of esters is 1. The van der Waals surface area contributed by atoms with Crippen LogP contribution in [0.3, 0.4) is 0 Å². The van der Waals surface area contributed by atoms with Gasteiger partial charge in [0.05, 0.1) is 43.2 Å². The molecular formula is C31H45NO6. The highest BCUT2D eigenvalue weighted by molar-refractivity contribution is 5.82. The normalized spacial score (nSPS) is 36.9. The van der Waals surface area contributed by atoms with Gasteiger partial charge in [-0.15, -0.1) is 0 Å². The molecule has 0 amide bonds. The lowest BCUT2D eigenvalue weighted by Gasteiger charge is -2.44. The van der Waals surface area contributed by atoms with E-state index in [9.17, 15) is 4.79 Å². The van der Waals surface area contributed by atoms with Crippen molar-refractivity contribution in [2.75, 3.05) is 6.61 Å². The maximum Gasteiger partial charge on any atom is 0.330 e. The van der Waals surface area contributed by atoms with Crippen molar-refractivity contribution in [3.63, 3.8) is 0 Å². The molecule has 0 aromatic rings. The molecule has 9 atom stereocenters. The third-order valence-corrected chi connectivity index (χ3v) is 7.79. The van der Waals surface area contributed by atoms with Crippen LogP contribution in [0.25, 0.3) is 0 Å². The van der Waals surface area contributed by atoms with Crippen molar-refractivity contribution in [1.29, 1.82) is 5.26 Å². The number of hydrogen-bond donors (Lipinski definition) is 0. The van der Waals surface area contributed by atoms with Gasteiger partial charge in [0, 0.05) is 30.4 Å². The van der Waals surface area contributed by atoms with Gasteiger partial charge in [0.2, 0.25) is 0 Å². The Morgan fingerprint density at radius 2 is 1.84 bits per heavy atom. The number of carbonyl (C=O) groups is 1. The van der Waals surface area contributed by atoms with Crippen molar-refractivity contribution in [3.8, 4) is 6.07 Å². The van der Waals surface area contributed by atoms with Gasteiger partial charge in [-0.1, -0.05) is 44.2 Å². The number of rotatable bonds is 9. The Morgan fingerprint density at radius 3 is 2.55 bits per heavy atom. The van der Waals surface area contributed by atoms with Gasteiger partial charge in [0.1, 0.15) is 6.10 Å². The standard InChI is InChI=1S/C31H45NO6/c1-7-8-11-28-22(4)31(23(5)30(37-28)21(3)13-15-32)38-29(33)12-9-10-25-17-20(2)18-27(36-25)19-26-14-16-34-24(6)35-26/h7-9,12-13,22-28,30-31H,2,10-11,14,16-19H2,1,3-6H3/b8-7+,12-9-,21-13+/t22-,23-,24-,25-,26-,27+,28+,30-,31-/m0/s1. The van der Waals surface area contributed by atoms with Crippen LogP contribution in [0.4, 0.5) is 0 Å². The summed E-state index contributed by atoms with van der Waals surface area (Å²) in [5.41, 5.74) is 2.02. The van der Waals surface area contributed by atoms with Crippen molar-refractivity contribution in [3.05, 3.63) is 48.1 Å². The SMILES string of the molecule is C=C1C[C@H](C[C@@H]2CCO[C@H](C)O2)O[C@@H](C/C=C\C(=O)O[C@H]2[C@@H](C)[C@@H](C/C=C/C)O[C@@H](/C(C)=C/C#N)[C@@H]2C)C1. The molecule has 3 heterocycles. The minimum absolute atomic E-state index is 0.0168. The zero-order valence-corrected chi connectivity index (χ0v) is 23.6. The summed E-state index contributed by atoms with van der Waals surface area (Å²) >= 11 is 0. The monoisotopic (exact) mass is 527 g/mol. The van der Waals surface area contributed by atoms with Gasteiger partial charge < -0.3 is 23.7 Å². The molecule has 3 saturated heterocycles. The van der Waals surface area contributed by atoms with Crippen molar-refractivity contribution >= 4 is 5.97 Å². The molecule has 210 valence electrons. The number of carbonyl (C=O) groups excluding carboxylic acids is 1. The highest BCUT2D eigenvalue weighted by Crippen LogP contribution is 2.37. The van der Waals surface area contributed by atoms with E-state index in [-0.39, 0.29) is 60.7 Å². The Hall–Kier alpha value is -2.24. The maximum absolute atomic E-state index is 12.9.